The lowest BCUT2D eigenvalue weighted by molar-refractivity contribution is 0.110. The van der Waals surface area contributed by atoms with Gasteiger partial charge in [-0.3, -0.25) is 4.79 Å². The molecule has 0 fully saturated rings. The second kappa shape index (κ2) is 3.79. The van der Waals surface area contributed by atoms with Crippen LogP contribution in [0.5, 0.6) is 5.75 Å². The van der Waals surface area contributed by atoms with Crippen LogP contribution < -0.4 is 0 Å². The molecule has 0 aliphatic rings. The van der Waals surface area contributed by atoms with Gasteiger partial charge < -0.3 is 5.11 Å². The summed E-state index contributed by atoms with van der Waals surface area (Å²) in [5.74, 6) is -0.659. The highest BCUT2D eigenvalue weighted by Crippen LogP contribution is 2.29. The molecule has 0 radical (unpaired) electrons. The number of hydrogen-bond acceptors (Lipinski definition) is 4. The number of halogens is 2. The van der Waals surface area contributed by atoms with E-state index in [9.17, 15) is 13.6 Å². The van der Waals surface area contributed by atoms with Gasteiger partial charge in [-0.1, -0.05) is 0 Å². The van der Waals surface area contributed by atoms with Crippen molar-refractivity contribution >= 4 is 6.29 Å². The second-order valence-corrected chi connectivity index (χ2v) is 2.35. The first-order valence-electron chi connectivity index (χ1n) is 3.47. The van der Waals surface area contributed by atoms with E-state index < -0.39 is 29.0 Å². The molecule has 0 unspecified atom stereocenters. The molecule has 4 nitrogen and oxygen atoms in total. The SMILES string of the molecule is N#Cc1c(O)cnc(C=O)c1C(F)F. The van der Waals surface area contributed by atoms with Crippen LogP contribution in [0, 0.1) is 11.3 Å². The Bertz CT molecular complexity index is 413. The lowest BCUT2D eigenvalue weighted by Crippen LogP contribution is -2.01. The largest absolute Gasteiger partial charge is 0.505 e. The van der Waals surface area contributed by atoms with Crippen molar-refractivity contribution in [2.45, 2.75) is 6.43 Å². The topological polar surface area (TPSA) is 74.0 Å². The van der Waals surface area contributed by atoms with E-state index in [2.05, 4.69) is 4.98 Å². The summed E-state index contributed by atoms with van der Waals surface area (Å²) in [4.78, 5) is 13.6. The van der Waals surface area contributed by atoms with Crippen LogP contribution in [-0.2, 0) is 0 Å². The van der Waals surface area contributed by atoms with Crippen molar-refractivity contribution in [3.8, 4) is 11.8 Å². The number of aldehydes is 1. The van der Waals surface area contributed by atoms with Crippen molar-refractivity contribution in [1.29, 1.82) is 5.26 Å². The molecule has 1 N–H and O–H groups in total. The van der Waals surface area contributed by atoms with Crippen LogP contribution in [0.25, 0.3) is 0 Å². The third-order valence-electron chi connectivity index (χ3n) is 1.57. The Morgan fingerprint density at radius 2 is 2.29 bits per heavy atom. The lowest BCUT2D eigenvalue weighted by atomic mass is 10.1. The van der Waals surface area contributed by atoms with Gasteiger partial charge in [0.2, 0.25) is 0 Å². The minimum absolute atomic E-state index is 0.113. The molecule has 0 amide bonds. The highest BCUT2D eigenvalue weighted by atomic mass is 19.3. The first-order valence-corrected chi connectivity index (χ1v) is 3.47. The average molecular weight is 198 g/mol. The summed E-state index contributed by atoms with van der Waals surface area (Å²) < 4.78 is 24.8. The number of alkyl halides is 2. The van der Waals surface area contributed by atoms with E-state index >= 15 is 0 Å². The molecule has 1 heterocycles. The standard InChI is InChI=1S/C8H4F2N2O2/c9-8(10)7-4(1-11)6(14)2-12-5(7)3-13/h2-3,8,14H. The number of pyridine rings is 1. The van der Waals surface area contributed by atoms with E-state index in [1.165, 1.54) is 6.07 Å². The first kappa shape index (κ1) is 10.1. The molecular formula is C8H4F2N2O2. The van der Waals surface area contributed by atoms with E-state index in [1.54, 1.807) is 0 Å². The molecule has 0 spiro atoms. The summed E-state index contributed by atoms with van der Waals surface area (Å²) in [7, 11) is 0. The van der Waals surface area contributed by atoms with Gasteiger partial charge in [0.15, 0.2) is 12.0 Å². The quantitative estimate of drug-likeness (QED) is 0.729. The van der Waals surface area contributed by atoms with E-state index in [1.807, 2.05) is 0 Å². The monoisotopic (exact) mass is 198 g/mol. The third kappa shape index (κ3) is 1.52. The summed E-state index contributed by atoms with van der Waals surface area (Å²) in [6, 6.07) is 1.39. The van der Waals surface area contributed by atoms with E-state index in [-0.39, 0.29) is 6.29 Å². The number of carbonyl (C=O) groups excluding carboxylic acids is 1. The molecule has 1 aromatic heterocycles. The predicted molar refractivity (Wildman–Crippen MR) is 41.0 cm³/mol. The number of rotatable bonds is 2. The Morgan fingerprint density at radius 1 is 1.64 bits per heavy atom. The van der Waals surface area contributed by atoms with Gasteiger partial charge in [-0.2, -0.15) is 5.26 Å². The maximum Gasteiger partial charge on any atom is 0.267 e. The third-order valence-corrected chi connectivity index (χ3v) is 1.57. The fourth-order valence-corrected chi connectivity index (χ4v) is 0.963. The number of nitrogens with zero attached hydrogens (tertiary/aromatic N) is 2. The Morgan fingerprint density at radius 3 is 2.71 bits per heavy atom. The Hall–Kier alpha value is -2.03. The first-order chi connectivity index (χ1) is 6.61. The summed E-state index contributed by atoms with van der Waals surface area (Å²) >= 11 is 0. The molecule has 1 rings (SSSR count). The van der Waals surface area contributed by atoms with Crippen LogP contribution in [0.2, 0.25) is 0 Å². The molecule has 0 bridgehead atoms. The van der Waals surface area contributed by atoms with Crippen molar-refractivity contribution in [1.82, 2.24) is 4.98 Å². The number of aromatic nitrogens is 1. The Kier molecular flexibility index (Phi) is 2.72. The molecule has 0 aliphatic carbocycles. The van der Waals surface area contributed by atoms with Crippen LogP contribution in [0.4, 0.5) is 8.78 Å². The minimum Gasteiger partial charge on any atom is -0.505 e. The molecular weight excluding hydrogens is 194 g/mol. The zero-order chi connectivity index (χ0) is 10.7. The van der Waals surface area contributed by atoms with Crippen molar-refractivity contribution in [3.05, 3.63) is 23.0 Å². The van der Waals surface area contributed by atoms with Crippen LogP contribution in [0.3, 0.4) is 0 Å². The van der Waals surface area contributed by atoms with Gasteiger partial charge in [0.1, 0.15) is 17.3 Å². The number of aromatic hydroxyl groups is 1. The van der Waals surface area contributed by atoms with E-state index in [0.29, 0.717) is 0 Å². The molecule has 0 aromatic carbocycles. The molecule has 72 valence electrons. The smallest absolute Gasteiger partial charge is 0.267 e. The molecule has 0 saturated carbocycles. The molecule has 6 heteroatoms. The second-order valence-electron chi connectivity index (χ2n) is 2.35. The Labute approximate surface area is 77.4 Å². The highest BCUT2D eigenvalue weighted by molar-refractivity contribution is 5.76. The summed E-state index contributed by atoms with van der Waals surface area (Å²) in [5.41, 5.74) is -1.98. The van der Waals surface area contributed by atoms with Gasteiger partial charge in [-0.25, -0.2) is 13.8 Å². The predicted octanol–water partition coefficient (Wildman–Crippen LogP) is 1.41. The van der Waals surface area contributed by atoms with Gasteiger partial charge in [-0.15, -0.1) is 0 Å². The molecule has 14 heavy (non-hydrogen) atoms. The molecule has 0 aliphatic heterocycles. The van der Waals surface area contributed by atoms with Crippen molar-refractivity contribution in [2.24, 2.45) is 0 Å². The van der Waals surface area contributed by atoms with E-state index in [4.69, 9.17) is 10.4 Å². The highest BCUT2D eigenvalue weighted by Gasteiger charge is 2.21. The fraction of sp³-hybridized carbons (Fsp3) is 0.125. The zero-order valence-electron chi connectivity index (χ0n) is 6.74. The molecule has 0 atom stereocenters. The maximum atomic E-state index is 12.4. The molecule has 1 aromatic rings. The van der Waals surface area contributed by atoms with Crippen molar-refractivity contribution in [2.75, 3.05) is 0 Å². The summed E-state index contributed by atoms with van der Waals surface area (Å²) in [6.07, 6.45) is -2.12. The number of carbonyl (C=O) groups is 1. The van der Waals surface area contributed by atoms with Gasteiger partial charge in [-0.05, 0) is 0 Å². The normalized spacial score (nSPS) is 9.86. The number of hydrogen-bond donors (Lipinski definition) is 1. The average Bonchev–Trinajstić information content (AvgIpc) is 2.17. The van der Waals surface area contributed by atoms with Crippen molar-refractivity contribution in [3.63, 3.8) is 0 Å². The van der Waals surface area contributed by atoms with Gasteiger partial charge >= 0.3 is 0 Å². The van der Waals surface area contributed by atoms with Crippen LogP contribution >= 0.6 is 0 Å². The van der Waals surface area contributed by atoms with Crippen molar-refractivity contribution < 1.29 is 18.7 Å². The van der Waals surface area contributed by atoms with Gasteiger partial charge in [0.25, 0.3) is 6.43 Å². The Balaban J connectivity index is 3.54. The van der Waals surface area contributed by atoms with Gasteiger partial charge in [0.05, 0.1) is 11.8 Å². The van der Waals surface area contributed by atoms with Crippen LogP contribution in [-0.4, -0.2) is 16.4 Å². The fourth-order valence-electron chi connectivity index (χ4n) is 0.963. The molecule has 0 saturated heterocycles. The summed E-state index contributed by atoms with van der Waals surface area (Å²) in [5, 5.41) is 17.5. The number of nitriles is 1. The van der Waals surface area contributed by atoms with Crippen LogP contribution in [0.15, 0.2) is 6.20 Å². The zero-order valence-corrected chi connectivity index (χ0v) is 6.74. The summed E-state index contributed by atoms with van der Waals surface area (Å²) in [6.45, 7) is 0. The van der Waals surface area contributed by atoms with E-state index in [0.717, 1.165) is 6.20 Å². The minimum atomic E-state index is -3.02. The maximum absolute atomic E-state index is 12.4. The van der Waals surface area contributed by atoms with Crippen LogP contribution in [0.1, 0.15) is 28.0 Å². The lowest BCUT2D eigenvalue weighted by Gasteiger charge is -2.05. The van der Waals surface area contributed by atoms with Gasteiger partial charge in [0, 0.05) is 0 Å².